The molecule has 1 N–H and O–H groups in total. The highest BCUT2D eigenvalue weighted by Crippen LogP contribution is 2.22. The molecule has 0 saturated heterocycles. The fourth-order valence-electron chi connectivity index (χ4n) is 2.89. The summed E-state index contributed by atoms with van der Waals surface area (Å²) >= 11 is 0. The Balaban J connectivity index is 2.18. The number of methoxy groups -OCH3 is 1. The maximum absolute atomic E-state index is 12.6. The maximum atomic E-state index is 12.6. The number of rotatable bonds is 10. The zero-order valence-electron chi connectivity index (χ0n) is 18.1. The number of hydrogen-bond donors (Lipinski definition) is 1. The molecule has 0 fully saturated rings. The van der Waals surface area contributed by atoms with Gasteiger partial charge in [0.15, 0.2) is 0 Å². The van der Waals surface area contributed by atoms with E-state index in [4.69, 9.17) is 8.92 Å². The molecule has 0 unspecified atom stereocenters. The summed E-state index contributed by atoms with van der Waals surface area (Å²) in [5, 5.41) is 2.57. The van der Waals surface area contributed by atoms with Crippen molar-refractivity contribution in [2.24, 2.45) is 0 Å². The summed E-state index contributed by atoms with van der Waals surface area (Å²) < 4.78 is 35.5. The molecule has 8 nitrogen and oxygen atoms in total. The van der Waals surface area contributed by atoms with Gasteiger partial charge >= 0.3 is 10.1 Å². The highest BCUT2D eigenvalue weighted by atomic mass is 32.2. The molecule has 31 heavy (non-hydrogen) atoms. The van der Waals surface area contributed by atoms with E-state index < -0.39 is 10.1 Å². The molecular weight excluding hydrogens is 420 g/mol. The third-order valence-corrected chi connectivity index (χ3v) is 5.89. The molecule has 0 aliphatic carbocycles. The van der Waals surface area contributed by atoms with Gasteiger partial charge in [0.25, 0.3) is 0 Å². The Kier molecular flexibility index (Phi) is 8.58. The lowest BCUT2D eigenvalue weighted by molar-refractivity contribution is -0.138. The van der Waals surface area contributed by atoms with Gasteiger partial charge in [-0.2, -0.15) is 8.42 Å². The summed E-state index contributed by atoms with van der Waals surface area (Å²) in [5.74, 6) is -0.249. The number of ether oxygens (including phenoxy) is 1. The van der Waals surface area contributed by atoms with Crippen LogP contribution in [0.1, 0.15) is 32.8 Å². The number of anilines is 1. The van der Waals surface area contributed by atoms with Crippen molar-refractivity contribution in [3.05, 3.63) is 54.1 Å². The number of nitrogens with one attached hydrogen (secondary N) is 1. The second-order valence-corrected chi connectivity index (χ2v) is 8.65. The Bertz CT molecular complexity index is 1000. The number of benzene rings is 2. The lowest BCUT2D eigenvalue weighted by Gasteiger charge is -2.28. The van der Waals surface area contributed by atoms with Gasteiger partial charge in [0.05, 0.1) is 0 Å². The SMILES string of the molecule is CC[C@H](C)N(Cc1cccc(OS(=O)(=O)c2ccc(NC(C)=O)cc2)c1)C(=O)COC. The van der Waals surface area contributed by atoms with Crippen LogP contribution in [0.5, 0.6) is 5.75 Å². The van der Waals surface area contributed by atoms with Gasteiger partial charge in [-0.15, -0.1) is 0 Å². The van der Waals surface area contributed by atoms with Crippen LogP contribution in [0.3, 0.4) is 0 Å². The number of carbonyl (C=O) groups is 2. The molecule has 0 saturated carbocycles. The summed E-state index contributed by atoms with van der Waals surface area (Å²) in [6.07, 6.45) is 0.772. The van der Waals surface area contributed by atoms with Crippen molar-refractivity contribution in [1.82, 2.24) is 4.90 Å². The Hall–Kier alpha value is -2.91. The zero-order chi connectivity index (χ0) is 23.0. The molecule has 2 aromatic carbocycles. The molecule has 0 aliphatic heterocycles. The van der Waals surface area contributed by atoms with E-state index in [-0.39, 0.29) is 35.1 Å². The smallest absolute Gasteiger partial charge is 0.339 e. The van der Waals surface area contributed by atoms with Gasteiger partial charge in [0, 0.05) is 32.3 Å². The van der Waals surface area contributed by atoms with E-state index >= 15 is 0 Å². The van der Waals surface area contributed by atoms with E-state index in [1.54, 1.807) is 23.1 Å². The van der Waals surface area contributed by atoms with E-state index in [1.807, 2.05) is 13.8 Å². The molecule has 2 amide bonds. The Morgan fingerprint density at radius 3 is 2.39 bits per heavy atom. The average Bonchev–Trinajstić information content (AvgIpc) is 2.71. The van der Waals surface area contributed by atoms with Crippen LogP contribution in [0.2, 0.25) is 0 Å². The Morgan fingerprint density at radius 1 is 1.13 bits per heavy atom. The van der Waals surface area contributed by atoms with Gasteiger partial charge in [-0.25, -0.2) is 0 Å². The summed E-state index contributed by atoms with van der Waals surface area (Å²) in [6.45, 7) is 5.58. The minimum absolute atomic E-state index is 0.00177. The average molecular weight is 449 g/mol. The summed E-state index contributed by atoms with van der Waals surface area (Å²) in [7, 11) is -2.60. The lowest BCUT2D eigenvalue weighted by Crippen LogP contribution is -2.39. The first kappa shape index (κ1) is 24.4. The van der Waals surface area contributed by atoms with Gasteiger partial charge < -0.3 is 19.1 Å². The quantitative estimate of drug-likeness (QED) is 0.560. The number of carbonyl (C=O) groups excluding carboxylic acids is 2. The predicted octanol–water partition coefficient (Wildman–Crippen LogP) is 3.19. The molecule has 0 aliphatic rings. The van der Waals surface area contributed by atoms with Crippen LogP contribution in [0.25, 0.3) is 0 Å². The van der Waals surface area contributed by atoms with Crippen LogP contribution in [0, 0.1) is 0 Å². The molecule has 0 heterocycles. The summed E-state index contributed by atoms with van der Waals surface area (Å²) in [4.78, 5) is 25.1. The van der Waals surface area contributed by atoms with Crippen molar-refractivity contribution in [2.75, 3.05) is 19.0 Å². The molecule has 2 rings (SSSR count). The summed E-state index contributed by atoms with van der Waals surface area (Å²) in [6, 6.07) is 12.3. The van der Waals surface area contributed by atoms with Crippen molar-refractivity contribution >= 4 is 27.6 Å². The van der Waals surface area contributed by atoms with Crippen LogP contribution in [-0.2, 0) is 31.0 Å². The van der Waals surface area contributed by atoms with E-state index in [1.165, 1.54) is 44.4 Å². The topological polar surface area (TPSA) is 102 Å². The molecule has 1 atom stereocenters. The third-order valence-electron chi connectivity index (χ3n) is 4.63. The van der Waals surface area contributed by atoms with Gasteiger partial charge in [0.2, 0.25) is 11.8 Å². The van der Waals surface area contributed by atoms with Gasteiger partial charge in [-0.05, 0) is 55.3 Å². The highest BCUT2D eigenvalue weighted by Gasteiger charge is 2.20. The van der Waals surface area contributed by atoms with E-state index in [2.05, 4.69) is 5.32 Å². The predicted molar refractivity (Wildman–Crippen MR) is 117 cm³/mol. The van der Waals surface area contributed by atoms with Crippen molar-refractivity contribution in [3.8, 4) is 5.75 Å². The monoisotopic (exact) mass is 448 g/mol. The highest BCUT2D eigenvalue weighted by molar-refractivity contribution is 7.87. The van der Waals surface area contributed by atoms with E-state index in [0.717, 1.165) is 12.0 Å². The molecule has 168 valence electrons. The lowest BCUT2D eigenvalue weighted by atomic mass is 10.1. The molecule has 0 aromatic heterocycles. The molecule has 9 heteroatoms. The maximum Gasteiger partial charge on any atom is 0.339 e. The van der Waals surface area contributed by atoms with Crippen LogP contribution in [0.15, 0.2) is 53.4 Å². The molecule has 0 radical (unpaired) electrons. The standard InChI is InChI=1S/C22H28N2O6S/c1-5-16(2)24(22(26)15-29-4)14-18-7-6-8-20(13-18)30-31(27,28)21-11-9-19(10-12-21)23-17(3)25/h6-13,16H,5,14-15H2,1-4H3,(H,23,25)/t16-/m0/s1. The van der Waals surface area contributed by atoms with Crippen molar-refractivity contribution in [1.29, 1.82) is 0 Å². The van der Waals surface area contributed by atoms with Crippen LogP contribution in [0.4, 0.5) is 5.69 Å². The minimum atomic E-state index is -4.06. The van der Waals surface area contributed by atoms with Crippen molar-refractivity contribution in [3.63, 3.8) is 0 Å². The fourth-order valence-corrected chi connectivity index (χ4v) is 3.81. The van der Waals surface area contributed by atoms with E-state index in [9.17, 15) is 18.0 Å². The molecule has 2 aromatic rings. The third kappa shape index (κ3) is 7.08. The Morgan fingerprint density at radius 2 is 1.81 bits per heavy atom. The number of amides is 2. The van der Waals surface area contributed by atoms with Crippen molar-refractivity contribution < 1.29 is 26.9 Å². The number of hydrogen-bond acceptors (Lipinski definition) is 6. The minimum Gasteiger partial charge on any atom is -0.379 e. The first-order valence-corrected chi connectivity index (χ1v) is 11.3. The number of nitrogens with zero attached hydrogens (tertiary/aromatic N) is 1. The first-order valence-electron chi connectivity index (χ1n) is 9.85. The largest absolute Gasteiger partial charge is 0.379 e. The van der Waals surface area contributed by atoms with E-state index in [0.29, 0.717) is 12.2 Å². The fraction of sp³-hybridized carbons (Fsp3) is 0.364. The second-order valence-electron chi connectivity index (χ2n) is 7.10. The normalized spacial score (nSPS) is 12.1. The molecule has 0 spiro atoms. The van der Waals surface area contributed by atoms with Crippen LogP contribution < -0.4 is 9.50 Å². The molecular formula is C22H28N2O6S. The zero-order valence-corrected chi connectivity index (χ0v) is 18.9. The van der Waals surface area contributed by atoms with Crippen LogP contribution >= 0.6 is 0 Å². The molecule has 0 bridgehead atoms. The van der Waals surface area contributed by atoms with Gasteiger partial charge in [-0.1, -0.05) is 19.1 Å². The van der Waals surface area contributed by atoms with Gasteiger partial charge in [-0.3, -0.25) is 9.59 Å². The Labute approximate surface area is 183 Å². The first-order chi connectivity index (χ1) is 14.7. The van der Waals surface area contributed by atoms with Crippen molar-refractivity contribution in [2.45, 2.75) is 44.7 Å². The second kappa shape index (κ2) is 10.9. The summed E-state index contributed by atoms with van der Waals surface area (Å²) in [5.41, 5.74) is 1.22. The van der Waals surface area contributed by atoms with Crippen LogP contribution in [-0.4, -0.2) is 44.9 Å². The van der Waals surface area contributed by atoms with Gasteiger partial charge in [0.1, 0.15) is 17.3 Å².